The number of likely N-dealkylation sites (tertiary alicyclic amines) is 1. The number of rotatable bonds is 1. The van der Waals surface area contributed by atoms with Gasteiger partial charge in [-0.15, -0.1) is 0 Å². The topological polar surface area (TPSA) is 41.9 Å². The zero-order valence-corrected chi connectivity index (χ0v) is 13.2. The lowest BCUT2D eigenvalue weighted by atomic mass is 9.51. The SMILES string of the molecule is COc1ccc2c3c1OC1C(O)CC[C@H]4[C@@H](C2)N(C)CC[C@]314. The van der Waals surface area contributed by atoms with Gasteiger partial charge >= 0.3 is 0 Å². The van der Waals surface area contributed by atoms with Crippen LogP contribution in [0.15, 0.2) is 12.1 Å². The van der Waals surface area contributed by atoms with E-state index in [2.05, 4.69) is 18.0 Å². The maximum Gasteiger partial charge on any atom is 0.165 e. The summed E-state index contributed by atoms with van der Waals surface area (Å²) in [5, 5.41) is 10.6. The lowest BCUT2D eigenvalue weighted by molar-refractivity contribution is -0.0993. The number of piperidine rings is 1. The van der Waals surface area contributed by atoms with E-state index in [1.807, 2.05) is 6.07 Å². The zero-order chi connectivity index (χ0) is 15.1. The molecule has 2 fully saturated rings. The Bertz CT molecular complexity index is 645. The molecule has 1 spiro atoms. The molecule has 1 aromatic rings. The van der Waals surface area contributed by atoms with Crippen molar-refractivity contribution in [1.29, 1.82) is 0 Å². The monoisotopic (exact) mass is 301 g/mol. The second kappa shape index (κ2) is 4.18. The second-order valence-electron chi connectivity index (χ2n) is 7.46. The first kappa shape index (κ1) is 13.2. The Morgan fingerprint density at radius 1 is 1.36 bits per heavy atom. The fraction of sp³-hybridized carbons (Fsp3) is 0.667. The van der Waals surface area contributed by atoms with Gasteiger partial charge in [0.15, 0.2) is 11.5 Å². The molecule has 1 saturated carbocycles. The molecule has 0 radical (unpaired) electrons. The number of benzene rings is 1. The highest BCUT2D eigenvalue weighted by Gasteiger charge is 2.65. The molecular formula is C18H23NO3. The summed E-state index contributed by atoms with van der Waals surface area (Å²) in [5.74, 6) is 2.34. The first-order valence-electron chi connectivity index (χ1n) is 8.42. The minimum Gasteiger partial charge on any atom is -0.493 e. The van der Waals surface area contributed by atoms with Crippen LogP contribution in [0.3, 0.4) is 0 Å². The Morgan fingerprint density at radius 3 is 3.05 bits per heavy atom. The summed E-state index contributed by atoms with van der Waals surface area (Å²) in [4.78, 5) is 2.52. The van der Waals surface area contributed by atoms with Crippen LogP contribution in [-0.4, -0.2) is 49.0 Å². The van der Waals surface area contributed by atoms with Gasteiger partial charge in [-0.05, 0) is 56.8 Å². The molecule has 22 heavy (non-hydrogen) atoms. The van der Waals surface area contributed by atoms with Gasteiger partial charge in [-0.2, -0.15) is 0 Å². The van der Waals surface area contributed by atoms with E-state index in [4.69, 9.17) is 9.47 Å². The van der Waals surface area contributed by atoms with Crippen LogP contribution in [0.25, 0.3) is 0 Å². The largest absolute Gasteiger partial charge is 0.493 e. The van der Waals surface area contributed by atoms with E-state index in [1.54, 1.807) is 7.11 Å². The van der Waals surface area contributed by atoms with Crippen LogP contribution in [0.4, 0.5) is 0 Å². The van der Waals surface area contributed by atoms with Crippen LogP contribution in [0.1, 0.15) is 30.4 Å². The Kier molecular flexibility index (Phi) is 2.51. The van der Waals surface area contributed by atoms with Crippen molar-refractivity contribution in [2.75, 3.05) is 20.7 Å². The quantitative estimate of drug-likeness (QED) is 0.858. The minimum absolute atomic E-state index is 0.00625. The van der Waals surface area contributed by atoms with Gasteiger partial charge in [-0.3, -0.25) is 0 Å². The Labute approximate surface area is 131 Å². The third kappa shape index (κ3) is 1.32. The summed E-state index contributed by atoms with van der Waals surface area (Å²) in [6.07, 6.45) is 3.69. The number of likely N-dealkylation sites (N-methyl/N-ethyl adjacent to an activating group) is 1. The van der Waals surface area contributed by atoms with E-state index in [0.717, 1.165) is 43.7 Å². The summed E-state index contributed by atoms with van der Waals surface area (Å²) in [6.45, 7) is 1.09. The molecule has 2 unspecified atom stereocenters. The molecule has 4 heteroatoms. The summed E-state index contributed by atoms with van der Waals surface area (Å²) >= 11 is 0. The van der Waals surface area contributed by atoms with Crippen molar-refractivity contribution in [2.45, 2.75) is 49.3 Å². The highest BCUT2D eigenvalue weighted by Crippen LogP contribution is 2.63. The highest BCUT2D eigenvalue weighted by molar-refractivity contribution is 5.61. The molecule has 118 valence electrons. The van der Waals surface area contributed by atoms with E-state index < -0.39 is 0 Å². The van der Waals surface area contributed by atoms with Gasteiger partial charge in [0.05, 0.1) is 13.2 Å². The molecule has 0 aromatic heterocycles. The Balaban J connectivity index is 1.80. The smallest absolute Gasteiger partial charge is 0.165 e. The fourth-order valence-electron chi connectivity index (χ4n) is 5.86. The normalized spacial score (nSPS) is 41.8. The van der Waals surface area contributed by atoms with E-state index >= 15 is 0 Å². The van der Waals surface area contributed by atoms with E-state index in [1.165, 1.54) is 11.1 Å². The maximum absolute atomic E-state index is 10.6. The maximum atomic E-state index is 10.6. The molecule has 1 aromatic carbocycles. The third-order valence-corrected chi connectivity index (χ3v) is 6.77. The molecule has 0 amide bonds. The number of aliphatic hydroxyl groups is 1. The van der Waals surface area contributed by atoms with Crippen LogP contribution in [0, 0.1) is 5.92 Å². The van der Waals surface area contributed by atoms with Gasteiger partial charge in [-0.1, -0.05) is 6.07 Å². The molecule has 2 heterocycles. The third-order valence-electron chi connectivity index (χ3n) is 6.77. The van der Waals surface area contributed by atoms with Crippen molar-refractivity contribution >= 4 is 0 Å². The van der Waals surface area contributed by atoms with Gasteiger partial charge in [0.2, 0.25) is 0 Å². The summed E-state index contributed by atoms with van der Waals surface area (Å²) < 4.78 is 11.9. The number of nitrogens with zero attached hydrogens (tertiary/aromatic N) is 1. The molecule has 4 nitrogen and oxygen atoms in total. The molecule has 4 aliphatic rings. The van der Waals surface area contributed by atoms with E-state index in [-0.39, 0.29) is 17.6 Å². The molecule has 5 atom stereocenters. The predicted molar refractivity (Wildman–Crippen MR) is 82.6 cm³/mol. The lowest BCUT2D eigenvalue weighted by Gasteiger charge is -2.58. The molecular weight excluding hydrogens is 278 g/mol. The number of methoxy groups -OCH3 is 1. The van der Waals surface area contributed by atoms with E-state index in [9.17, 15) is 5.11 Å². The van der Waals surface area contributed by atoms with Gasteiger partial charge in [0.1, 0.15) is 6.10 Å². The van der Waals surface area contributed by atoms with Crippen LogP contribution >= 0.6 is 0 Å². The van der Waals surface area contributed by atoms with Crippen molar-refractivity contribution in [3.8, 4) is 11.5 Å². The molecule has 5 rings (SSSR count). The van der Waals surface area contributed by atoms with Crippen molar-refractivity contribution in [3.05, 3.63) is 23.3 Å². The number of hydrogen-bond acceptors (Lipinski definition) is 4. The summed E-state index contributed by atoms with van der Waals surface area (Å²) in [5.41, 5.74) is 2.77. The van der Waals surface area contributed by atoms with Crippen molar-refractivity contribution in [2.24, 2.45) is 5.92 Å². The van der Waals surface area contributed by atoms with E-state index in [0.29, 0.717) is 12.0 Å². The molecule has 2 aliphatic carbocycles. The first-order chi connectivity index (χ1) is 10.7. The molecule has 2 bridgehead atoms. The standard InChI is InChI=1S/C18H23NO3/c1-19-8-7-18-11-4-5-13(20)17(18)22-16-14(21-2)6-3-10(15(16)18)9-12(11)19/h3,6,11-13,17,20H,4-5,7-9H2,1-2H3/t11-,12+,13?,17?,18-/m0/s1. The average molecular weight is 301 g/mol. The highest BCUT2D eigenvalue weighted by atomic mass is 16.5. The molecule has 1 N–H and O–H groups in total. The van der Waals surface area contributed by atoms with Crippen molar-refractivity contribution < 1.29 is 14.6 Å². The van der Waals surface area contributed by atoms with Crippen LogP contribution < -0.4 is 9.47 Å². The predicted octanol–water partition coefficient (Wildman–Crippen LogP) is 1.73. The van der Waals surface area contributed by atoms with Gasteiger partial charge in [0.25, 0.3) is 0 Å². The van der Waals surface area contributed by atoms with Crippen LogP contribution in [0.2, 0.25) is 0 Å². The summed E-state index contributed by atoms with van der Waals surface area (Å²) in [6, 6.07) is 4.83. The van der Waals surface area contributed by atoms with Crippen LogP contribution in [-0.2, 0) is 11.8 Å². The van der Waals surface area contributed by atoms with Crippen LogP contribution in [0.5, 0.6) is 11.5 Å². The molecule has 2 aliphatic heterocycles. The first-order valence-corrected chi connectivity index (χ1v) is 8.42. The van der Waals surface area contributed by atoms with Gasteiger partial charge in [-0.25, -0.2) is 0 Å². The van der Waals surface area contributed by atoms with Gasteiger partial charge < -0.3 is 19.5 Å². The summed E-state index contributed by atoms with van der Waals surface area (Å²) in [7, 11) is 3.96. The number of hydrogen-bond donors (Lipinski definition) is 1. The van der Waals surface area contributed by atoms with Crippen molar-refractivity contribution in [3.63, 3.8) is 0 Å². The minimum atomic E-state index is -0.358. The molecule has 1 saturated heterocycles. The zero-order valence-electron chi connectivity index (χ0n) is 13.2. The van der Waals surface area contributed by atoms with Crippen molar-refractivity contribution in [1.82, 2.24) is 4.90 Å². The average Bonchev–Trinajstić information content (AvgIpc) is 2.88. The lowest BCUT2D eigenvalue weighted by Crippen LogP contribution is -2.66. The second-order valence-corrected chi connectivity index (χ2v) is 7.46. The fourth-order valence-corrected chi connectivity index (χ4v) is 5.86. The Hall–Kier alpha value is -1.26. The number of ether oxygens (including phenoxy) is 2. The van der Waals surface area contributed by atoms with Gasteiger partial charge in [0, 0.05) is 17.0 Å². The Morgan fingerprint density at radius 2 is 2.23 bits per heavy atom. The number of aliphatic hydroxyl groups excluding tert-OH is 1.